The maximum Gasteiger partial charge on any atom is 0.139 e. The van der Waals surface area contributed by atoms with Crippen LogP contribution in [0.25, 0.3) is 0 Å². The fourth-order valence-corrected chi connectivity index (χ4v) is 3.19. The third-order valence-corrected chi connectivity index (χ3v) is 4.10. The first-order valence-electron chi connectivity index (χ1n) is 5.84. The highest BCUT2D eigenvalue weighted by Crippen LogP contribution is 2.35. The minimum absolute atomic E-state index is 0.0544. The van der Waals surface area contributed by atoms with Crippen LogP contribution in [0.2, 0.25) is 0 Å². The molecule has 0 N–H and O–H groups in total. The van der Waals surface area contributed by atoms with Gasteiger partial charge in [-0.25, -0.2) is 0 Å². The lowest BCUT2D eigenvalue weighted by Gasteiger charge is -2.21. The lowest BCUT2D eigenvalue weighted by Crippen LogP contribution is -2.21. The molecule has 17 heavy (non-hydrogen) atoms. The molecule has 0 spiro atoms. The minimum atomic E-state index is 0.0544. The van der Waals surface area contributed by atoms with Gasteiger partial charge < -0.3 is 0 Å². The van der Waals surface area contributed by atoms with E-state index in [1.807, 2.05) is 18.2 Å². The predicted molar refractivity (Wildman–Crippen MR) is 70.0 cm³/mol. The number of rotatable bonds is 1. The number of likely N-dealkylation sites (N-methyl/N-ethyl adjacent to an activating group) is 1. The molecule has 2 nitrogen and oxygen atoms in total. The molecule has 3 rings (SSSR count). The topological polar surface area (TPSA) is 12.5 Å². The lowest BCUT2D eigenvalue weighted by atomic mass is 10.0. The number of thiophene rings is 1. The van der Waals surface area contributed by atoms with Gasteiger partial charge in [0.2, 0.25) is 0 Å². The molecule has 0 radical (unpaired) electrons. The number of nitrogens with zero attached hydrogens (tertiary/aromatic N) is 1. The van der Waals surface area contributed by atoms with Crippen molar-refractivity contribution < 1.29 is 4.84 Å². The van der Waals surface area contributed by atoms with Gasteiger partial charge in [0, 0.05) is 18.5 Å². The normalized spacial score (nSPS) is 20.9. The highest BCUT2D eigenvalue weighted by atomic mass is 32.1. The zero-order valence-electron chi connectivity index (χ0n) is 9.80. The van der Waals surface area contributed by atoms with Crippen molar-refractivity contribution in [1.82, 2.24) is 5.06 Å². The van der Waals surface area contributed by atoms with Gasteiger partial charge in [0.15, 0.2) is 0 Å². The molecule has 1 aromatic carbocycles. The van der Waals surface area contributed by atoms with E-state index in [9.17, 15) is 0 Å². The molecule has 0 saturated heterocycles. The molecule has 0 aliphatic carbocycles. The molecule has 0 fully saturated rings. The molecule has 1 aliphatic heterocycles. The number of benzene rings is 1. The molecule has 3 heteroatoms. The maximum atomic E-state index is 6.03. The first-order valence-corrected chi connectivity index (χ1v) is 6.71. The Kier molecular flexibility index (Phi) is 2.97. The fourth-order valence-electron chi connectivity index (χ4n) is 2.18. The van der Waals surface area contributed by atoms with Crippen molar-refractivity contribution in [2.75, 3.05) is 13.6 Å². The van der Waals surface area contributed by atoms with E-state index in [2.05, 4.69) is 35.7 Å². The Morgan fingerprint density at radius 1 is 1.24 bits per heavy atom. The number of hydroxylamine groups is 2. The van der Waals surface area contributed by atoms with Gasteiger partial charge in [0.25, 0.3) is 0 Å². The second-order valence-electron chi connectivity index (χ2n) is 4.31. The Labute approximate surface area is 105 Å². The van der Waals surface area contributed by atoms with E-state index in [0.29, 0.717) is 0 Å². The Morgan fingerprint density at radius 2 is 2.06 bits per heavy atom. The lowest BCUT2D eigenvalue weighted by molar-refractivity contribution is -0.165. The SMILES string of the molecule is CN1CCc2ccsc2C(c2ccccc2)O1. The quantitative estimate of drug-likeness (QED) is 0.764. The van der Waals surface area contributed by atoms with Crippen LogP contribution in [0.4, 0.5) is 0 Å². The summed E-state index contributed by atoms with van der Waals surface area (Å²) in [6, 6.07) is 12.7. The molecule has 1 atom stereocenters. The van der Waals surface area contributed by atoms with E-state index in [4.69, 9.17) is 4.84 Å². The zero-order chi connectivity index (χ0) is 11.7. The number of fused-ring (bicyclic) bond motifs is 1. The summed E-state index contributed by atoms with van der Waals surface area (Å²) in [5, 5.41) is 4.11. The molecule has 1 unspecified atom stereocenters. The average molecular weight is 245 g/mol. The van der Waals surface area contributed by atoms with Crippen LogP contribution in [-0.2, 0) is 11.3 Å². The van der Waals surface area contributed by atoms with Gasteiger partial charge in [-0.3, -0.25) is 4.84 Å². The second kappa shape index (κ2) is 4.61. The van der Waals surface area contributed by atoms with Crippen molar-refractivity contribution in [1.29, 1.82) is 0 Å². The Hall–Kier alpha value is -1.16. The fraction of sp³-hybridized carbons (Fsp3) is 0.286. The summed E-state index contributed by atoms with van der Waals surface area (Å²) in [4.78, 5) is 7.37. The Balaban J connectivity index is 2.03. The molecule has 1 aromatic heterocycles. The van der Waals surface area contributed by atoms with Crippen molar-refractivity contribution in [2.45, 2.75) is 12.5 Å². The number of hydrogen-bond acceptors (Lipinski definition) is 3. The molecular weight excluding hydrogens is 230 g/mol. The van der Waals surface area contributed by atoms with Crippen molar-refractivity contribution in [3.63, 3.8) is 0 Å². The maximum absolute atomic E-state index is 6.03. The van der Waals surface area contributed by atoms with E-state index in [1.54, 1.807) is 11.3 Å². The van der Waals surface area contributed by atoms with E-state index >= 15 is 0 Å². The summed E-state index contributed by atoms with van der Waals surface area (Å²) in [5.41, 5.74) is 2.65. The molecule has 2 heterocycles. The van der Waals surface area contributed by atoms with Gasteiger partial charge >= 0.3 is 0 Å². The zero-order valence-corrected chi connectivity index (χ0v) is 10.6. The summed E-state index contributed by atoms with van der Waals surface area (Å²) < 4.78 is 0. The van der Waals surface area contributed by atoms with E-state index in [-0.39, 0.29) is 6.10 Å². The molecule has 0 bridgehead atoms. The van der Waals surface area contributed by atoms with Gasteiger partial charge in [0.1, 0.15) is 6.10 Å². The van der Waals surface area contributed by atoms with E-state index in [0.717, 1.165) is 13.0 Å². The third-order valence-electron chi connectivity index (χ3n) is 3.10. The first kappa shape index (κ1) is 11.0. The van der Waals surface area contributed by atoms with Crippen LogP contribution in [0.3, 0.4) is 0 Å². The average Bonchev–Trinajstić information content (AvgIpc) is 2.77. The van der Waals surface area contributed by atoms with Crippen LogP contribution in [0.1, 0.15) is 22.1 Å². The van der Waals surface area contributed by atoms with E-state index < -0.39 is 0 Å². The van der Waals surface area contributed by atoms with Crippen molar-refractivity contribution >= 4 is 11.3 Å². The molecule has 88 valence electrons. The van der Waals surface area contributed by atoms with E-state index in [1.165, 1.54) is 16.0 Å². The molecule has 1 aliphatic rings. The van der Waals surface area contributed by atoms with Gasteiger partial charge in [-0.2, -0.15) is 5.06 Å². The van der Waals surface area contributed by atoms with Gasteiger partial charge in [-0.15, -0.1) is 11.3 Å². The predicted octanol–water partition coefficient (Wildman–Crippen LogP) is 3.26. The summed E-state index contributed by atoms with van der Waals surface area (Å²) in [5.74, 6) is 0. The molecule has 2 aromatic rings. The van der Waals surface area contributed by atoms with Crippen molar-refractivity contribution in [2.24, 2.45) is 0 Å². The first-order chi connectivity index (χ1) is 8.34. The summed E-state index contributed by atoms with van der Waals surface area (Å²) >= 11 is 1.79. The number of hydrogen-bond donors (Lipinski definition) is 0. The van der Waals surface area contributed by atoms with Crippen LogP contribution in [0, 0.1) is 0 Å². The monoisotopic (exact) mass is 245 g/mol. The Morgan fingerprint density at radius 3 is 2.88 bits per heavy atom. The third kappa shape index (κ3) is 2.14. The van der Waals surface area contributed by atoms with Gasteiger partial charge in [-0.05, 0) is 29.0 Å². The van der Waals surface area contributed by atoms with Crippen LogP contribution >= 0.6 is 11.3 Å². The standard InChI is InChI=1S/C14H15NOS/c1-15-9-7-12-8-10-17-14(12)13(16-15)11-5-3-2-4-6-11/h2-6,8,10,13H,7,9H2,1H3. The second-order valence-corrected chi connectivity index (χ2v) is 5.26. The Bertz CT molecular complexity index is 494. The molecular formula is C14H15NOS. The highest BCUT2D eigenvalue weighted by molar-refractivity contribution is 7.10. The summed E-state index contributed by atoms with van der Waals surface area (Å²) in [6.45, 7) is 0.951. The largest absolute Gasteiger partial charge is 0.285 e. The van der Waals surface area contributed by atoms with Crippen LogP contribution < -0.4 is 0 Å². The van der Waals surface area contributed by atoms with Crippen LogP contribution in [0.5, 0.6) is 0 Å². The van der Waals surface area contributed by atoms with Crippen LogP contribution in [-0.4, -0.2) is 18.7 Å². The van der Waals surface area contributed by atoms with Gasteiger partial charge in [0.05, 0.1) is 0 Å². The minimum Gasteiger partial charge on any atom is -0.285 e. The molecule has 0 amide bonds. The van der Waals surface area contributed by atoms with Gasteiger partial charge in [-0.1, -0.05) is 30.3 Å². The summed E-state index contributed by atoms with van der Waals surface area (Å²) in [7, 11) is 2.01. The van der Waals surface area contributed by atoms with Crippen LogP contribution in [0.15, 0.2) is 41.8 Å². The smallest absolute Gasteiger partial charge is 0.139 e. The van der Waals surface area contributed by atoms with Crippen molar-refractivity contribution in [3.8, 4) is 0 Å². The summed E-state index contributed by atoms with van der Waals surface area (Å²) in [6.07, 6.45) is 1.12. The highest BCUT2D eigenvalue weighted by Gasteiger charge is 2.24. The molecule has 0 saturated carbocycles. The van der Waals surface area contributed by atoms with Crippen molar-refractivity contribution in [3.05, 3.63) is 57.8 Å².